The van der Waals surface area contributed by atoms with Gasteiger partial charge in [-0.25, -0.2) is 9.97 Å². The zero-order valence-corrected chi connectivity index (χ0v) is 14.6. The van der Waals surface area contributed by atoms with E-state index in [9.17, 15) is 8.78 Å². The molecule has 0 radical (unpaired) electrons. The highest BCUT2D eigenvalue weighted by Crippen LogP contribution is 2.37. The van der Waals surface area contributed by atoms with Gasteiger partial charge in [0.2, 0.25) is 17.4 Å². The molecular formula is C16H9Cl2F2N3O3. The van der Waals surface area contributed by atoms with Crippen LogP contribution in [0.5, 0.6) is 29.0 Å². The Hall–Kier alpha value is -2.71. The maximum absolute atomic E-state index is 14.4. The summed E-state index contributed by atoms with van der Waals surface area (Å²) in [6, 6.07) is 5.52. The van der Waals surface area contributed by atoms with Gasteiger partial charge in [0.25, 0.3) is 11.8 Å². The lowest BCUT2D eigenvalue weighted by atomic mass is 10.3. The molecule has 0 fully saturated rings. The van der Waals surface area contributed by atoms with Crippen LogP contribution in [-0.4, -0.2) is 22.1 Å². The van der Waals surface area contributed by atoms with E-state index in [4.69, 9.17) is 37.4 Å². The second kappa shape index (κ2) is 7.67. The van der Waals surface area contributed by atoms with E-state index in [2.05, 4.69) is 15.0 Å². The molecule has 26 heavy (non-hydrogen) atoms. The van der Waals surface area contributed by atoms with Crippen molar-refractivity contribution in [3.8, 4) is 29.0 Å². The fourth-order valence-electron chi connectivity index (χ4n) is 1.92. The SMILES string of the molecule is COc1c(F)c(Oc2ccnc(Cl)c2)nc(Oc2ccnc(Cl)c2)c1F. The van der Waals surface area contributed by atoms with Gasteiger partial charge in [0, 0.05) is 24.5 Å². The van der Waals surface area contributed by atoms with Crippen molar-refractivity contribution in [2.45, 2.75) is 0 Å². The van der Waals surface area contributed by atoms with Gasteiger partial charge in [-0.05, 0) is 12.1 Å². The third-order valence-electron chi connectivity index (χ3n) is 3.01. The number of ether oxygens (including phenoxy) is 3. The molecule has 0 atom stereocenters. The molecule has 0 amide bonds. The zero-order valence-electron chi connectivity index (χ0n) is 13.0. The lowest BCUT2D eigenvalue weighted by Gasteiger charge is -2.13. The highest BCUT2D eigenvalue weighted by Gasteiger charge is 2.24. The molecule has 0 unspecified atom stereocenters. The average Bonchev–Trinajstić information content (AvgIpc) is 2.60. The van der Waals surface area contributed by atoms with E-state index in [1.807, 2.05) is 0 Å². The third kappa shape index (κ3) is 3.92. The number of rotatable bonds is 5. The standard InChI is InChI=1S/C16H9Cl2F2N3O3/c1-24-14-12(19)15(25-8-2-4-21-10(17)6-8)23-16(13(14)20)26-9-3-5-22-11(18)7-9/h2-7H,1H3. The van der Waals surface area contributed by atoms with E-state index in [1.165, 1.54) is 36.7 Å². The van der Waals surface area contributed by atoms with Crippen LogP contribution in [0.1, 0.15) is 0 Å². The largest absolute Gasteiger partial charge is 0.491 e. The maximum Gasteiger partial charge on any atom is 0.263 e. The van der Waals surface area contributed by atoms with Crippen LogP contribution < -0.4 is 14.2 Å². The van der Waals surface area contributed by atoms with Crippen molar-refractivity contribution in [3.05, 3.63) is 58.6 Å². The molecule has 0 saturated carbocycles. The number of methoxy groups -OCH3 is 1. The van der Waals surface area contributed by atoms with Gasteiger partial charge in [0.1, 0.15) is 21.8 Å². The first-order chi connectivity index (χ1) is 12.5. The van der Waals surface area contributed by atoms with Crippen molar-refractivity contribution in [1.29, 1.82) is 0 Å². The van der Waals surface area contributed by atoms with Gasteiger partial charge >= 0.3 is 0 Å². The minimum atomic E-state index is -1.14. The van der Waals surface area contributed by atoms with E-state index >= 15 is 0 Å². The minimum Gasteiger partial charge on any atom is -0.491 e. The Morgan fingerprint density at radius 2 is 1.31 bits per heavy atom. The number of hydrogen-bond donors (Lipinski definition) is 0. The second-order valence-corrected chi connectivity index (χ2v) is 5.49. The molecule has 6 nitrogen and oxygen atoms in total. The summed E-state index contributed by atoms with van der Waals surface area (Å²) in [7, 11) is 1.10. The van der Waals surface area contributed by atoms with Crippen LogP contribution in [0.15, 0.2) is 36.7 Å². The summed E-state index contributed by atoms with van der Waals surface area (Å²) in [4.78, 5) is 11.3. The third-order valence-corrected chi connectivity index (χ3v) is 3.42. The highest BCUT2D eigenvalue weighted by atomic mass is 35.5. The summed E-state index contributed by atoms with van der Waals surface area (Å²) >= 11 is 11.5. The summed E-state index contributed by atoms with van der Waals surface area (Å²) in [5.41, 5.74) is 0. The molecule has 0 aromatic carbocycles. The van der Waals surface area contributed by atoms with E-state index < -0.39 is 29.1 Å². The number of pyridine rings is 3. The molecule has 3 aromatic rings. The smallest absolute Gasteiger partial charge is 0.263 e. The Kier molecular flexibility index (Phi) is 5.34. The van der Waals surface area contributed by atoms with Gasteiger partial charge in [-0.1, -0.05) is 23.2 Å². The van der Waals surface area contributed by atoms with E-state index in [-0.39, 0.29) is 21.8 Å². The summed E-state index contributed by atoms with van der Waals surface area (Å²) in [5, 5.41) is 0.250. The number of hydrogen-bond acceptors (Lipinski definition) is 6. The molecule has 0 aliphatic rings. The van der Waals surface area contributed by atoms with E-state index in [0.717, 1.165) is 7.11 Å². The molecule has 0 saturated heterocycles. The molecule has 10 heteroatoms. The number of aromatic nitrogens is 3. The summed E-state index contributed by atoms with van der Waals surface area (Å²) in [6.07, 6.45) is 2.71. The molecular weight excluding hydrogens is 391 g/mol. The first-order valence-electron chi connectivity index (χ1n) is 6.99. The fourth-order valence-corrected chi connectivity index (χ4v) is 2.24. The average molecular weight is 400 g/mol. The lowest BCUT2D eigenvalue weighted by molar-refractivity contribution is 0.317. The van der Waals surface area contributed by atoms with Gasteiger partial charge in [-0.2, -0.15) is 13.8 Å². The van der Waals surface area contributed by atoms with E-state index in [0.29, 0.717) is 0 Å². The molecule has 134 valence electrons. The zero-order chi connectivity index (χ0) is 18.7. The maximum atomic E-state index is 14.4. The molecule has 3 rings (SSSR count). The lowest BCUT2D eigenvalue weighted by Crippen LogP contribution is -2.03. The van der Waals surface area contributed by atoms with Crippen LogP contribution in [0.3, 0.4) is 0 Å². The van der Waals surface area contributed by atoms with Crippen molar-refractivity contribution in [2.24, 2.45) is 0 Å². The first-order valence-corrected chi connectivity index (χ1v) is 7.75. The van der Waals surface area contributed by atoms with Crippen molar-refractivity contribution in [3.63, 3.8) is 0 Å². The normalized spacial score (nSPS) is 10.5. The Bertz CT molecular complexity index is 888. The highest BCUT2D eigenvalue weighted by molar-refractivity contribution is 6.29. The molecule has 0 N–H and O–H groups in total. The van der Waals surface area contributed by atoms with Gasteiger partial charge in [-0.15, -0.1) is 0 Å². The van der Waals surface area contributed by atoms with Crippen molar-refractivity contribution in [2.75, 3.05) is 7.11 Å². The van der Waals surface area contributed by atoms with Gasteiger partial charge in [0.15, 0.2) is 0 Å². The monoisotopic (exact) mass is 399 g/mol. The molecule has 3 aromatic heterocycles. The number of halogens is 4. The Labute approximate surface area is 156 Å². The second-order valence-electron chi connectivity index (χ2n) is 4.72. The molecule has 0 aliphatic carbocycles. The van der Waals surface area contributed by atoms with Crippen molar-refractivity contribution >= 4 is 23.2 Å². The Morgan fingerprint density at radius 1 is 0.846 bits per heavy atom. The number of nitrogens with zero attached hydrogens (tertiary/aromatic N) is 3. The van der Waals surface area contributed by atoms with Crippen LogP contribution >= 0.6 is 23.2 Å². The quantitative estimate of drug-likeness (QED) is 0.559. The first kappa shape index (κ1) is 18.1. The predicted octanol–water partition coefficient (Wildman–Crippen LogP) is 5.05. The predicted molar refractivity (Wildman–Crippen MR) is 89.3 cm³/mol. The summed E-state index contributed by atoms with van der Waals surface area (Å²) < 4.78 is 44.2. The fraction of sp³-hybridized carbons (Fsp3) is 0.0625. The topological polar surface area (TPSA) is 66.4 Å². The molecule has 3 heterocycles. The van der Waals surface area contributed by atoms with E-state index in [1.54, 1.807) is 0 Å². The molecule has 0 spiro atoms. The molecule has 0 bridgehead atoms. The molecule has 0 aliphatic heterocycles. The van der Waals surface area contributed by atoms with Crippen LogP contribution in [-0.2, 0) is 0 Å². The van der Waals surface area contributed by atoms with Crippen molar-refractivity contribution in [1.82, 2.24) is 15.0 Å². The van der Waals surface area contributed by atoms with Crippen LogP contribution in [0.4, 0.5) is 8.78 Å². The van der Waals surface area contributed by atoms with Crippen LogP contribution in [0, 0.1) is 11.6 Å². The van der Waals surface area contributed by atoms with Gasteiger partial charge in [0.05, 0.1) is 7.11 Å². The summed E-state index contributed by atoms with van der Waals surface area (Å²) in [5.74, 6) is -3.85. The van der Waals surface area contributed by atoms with Crippen LogP contribution in [0.25, 0.3) is 0 Å². The van der Waals surface area contributed by atoms with Gasteiger partial charge < -0.3 is 14.2 Å². The minimum absolute atomic E-state index is 0.125. The van der Waals surface area contributed by atoms with Crippen LogP contribution in [0.2, 0.25) is 10.3 Å². The summed E-state index contributed by atoms with van der Waals surface area (Å²) in [6.45, 7) is 0. The Morgan fingerprint density at radius 3 is 1.69 bits per heavy atom. The Balaban J connectivity index is 2.01. The van der Waals surface area contributed by atoms with Crippen molar-refractivity contribution < 1.29 is 23.0 Å². The van der Waals surface area contributed by atoms with Gasteiger partial charge in [-0.3, -0.25) is 0 Å².